The van der Waals surface area contributed by atoms with Crippen molar-refractivity contribution >= 4 is 17.5 Å². The molecule has 0 heterocycles. The number of halogens is 1. The molecule has 1 rings (SSSR count). The molecule has 3 heteroatoms. The summed E-state index contributed by atoms with van der Waals surface area (Å²) >= 11 is 6.00. The molecule has 0 unspecified atom stereocenters. The summed E-state index contributed by atoms with van der Waals surface area (Å²) in [6.45, 7) is 10.5. The summed E-state index contributed by atoms with van der Waals surface area (Å²) in [5.74, 6) is 0.0672. The number of hydrogen-bond donors (Lipinski definition) is 1. The van der Waals surface area contributed by atoms with Crippen LogP contribution in [0.25, 0.3) is 0 Å². The Morgan fingerprint density at radius 1 is 1.22 bits per heavy atom. The fourth-order valence-corrected chi connectivity index (χ4v) is 1.77. The van der Waals surface area contributed by atoms with Crippen LogP contribution in [0.1, 0.15) is 40.2 Å². The maximum absolute atomic E-state index is 11.9. The van der Waals surface area contributed by atoms with Crippen LogP contribution < -0.4 is 5.32 Å². The van der Waals surface area contributed by atoms with Gasteiger partial charge in [0.25, 0.3) is 0 Å². The summed E-state index contributed by atoms with van der Waals surface area (Å²) in [4.78, 5) is 11.9. The van der Waals surface area contributed by atoms with E-state index in [4.69, 9.17) is 11.6 Å². The smallest absolute Gasteiger partial charge is 0.225 e. The summed E-state index contributed by atoms with van der Waals surface area (Å²) in [7, 11) is 0. The van der Waals surface area contributed by atoms with E-state index in [2.05, 4.69) is 19.2 Å². The summed E-state index contributed by atoms with van der Waals surface area (Å²) in [5.41, 5.74) is 0.639. The third-order valence-electron chi connectivity index (χ3n) is 2.98. The van der Waals surface area contributed by atoms with Gasteiger partial charge in [-0.25, -0.2) is 0 Å². The highest BCUT2D eigenvalue weighted by atomic mass is 35.5. The van der Waals surface area contributed by atoms with Crippen LogP contribution in [0.3, 0.4) is 0 Å². The van der Waals surface area contributed by atoms with Crippen molar-refractivity contribution in [2.24, 2.45) is 5.41 Å². The zero-order valence-electron chi connectivity index (χ0n) is 11.8. The number of carbonyl (C=O) groups excluding carboxylic acids is 1. The maximum Gasteiger partial charge on any atom is 0.225 e. The molecule has 2 nitrogen and oxygen atoms in total. The molecule has 1 aromatic rings. The minimum Gasteiger partial charge on any atom is -0.355 e. The molecule has 0 radical (unpaired) electrons. The van der Waals surface area contributed by atoms with Gasteiger partial charge in [0.15, 0.2) is 0 Å². The molecule has 0 aliphatic rings. The van der Waals surface area contributed by atoms with Crippen LogP contribution in [0, 0.1) is 5.41 Å². The molecular weight excluding hydrogens is 246 g/mol. The van der Waals surface area contributed by atoms with Gasteiger partial charge in [0.2, 0.25) is 5.91 Å². The Morgan fingerprint density at radius 2 is 1.83 bits per heavy atom. The largest absolute Gasteiger partial charge is 0.355 e. The topological polar surface area (TPSA) is 29.1 Å². The molecule has 18 heavy (non-hydrogen) atoms. The highest BCUT2D eigenvalue weighted by molar-refractivity contribution is 6.30. The number of benzene rings is 1. The van der Waals surface area contributed by atoms with Gasteiger partial charge < -0.3 is 5.32 Å². The second-order valence-electron chi connectivity index (χ2n) is 6.33. The van der Waals surface area contributed by atoms with Crippen molar-refractivity contribution in [2.45, 2.75) is 40.0 Å². The number of carbonyl (C=O) groups is 1. The fraction of sp³-hybridized carbons (Fsp3) is 0.533. The highest BCUT2D eigenvalue weighted by Crippen LogP contribution is 2.25. The molecule has 100 valence electrons. The number of hydrogen-bond acceptors (Lipinski definition) is 1. The van der Waals surface area contributed by atoms with E-state index in [0.29, 0.717) is 6.54 Å². The first-order valence-electron chi connectivity index (χ1n) is 6.17. The number of nitrogens with one attached hydrogen (secondary N) is 1. The minimum atomic E-state index is -0.357. The van der Waals surface area contributed by atoms with E-state index < -0.39 is 0 Å². The molecule has 1 N–H and O–H groups in total. The number of amides is 1. The lowest BCUT2D eigenvalue weighted by Gasteiger charge is -2.28. The van der Waals surface area contributed by atoms with Crippen molar-refractivity contribution in [1.82, 2.24) is 5.32 Å². The van der Waals surface area contributed by atoms with E-state index in [-0.39, 0.29) is 16.7 Å². The Labute approximate surface area is 115 Å². The van der Waals surface area contributed by atoms with E-state index in [0.717, 1.165) is 10.6 Å². The molecule has 0 aliphatic heterocycles. The normalized spacial score (nSPS) is 12.3. The van der Waals surface area contributed by atoms with E-state index in [1.165, 1.54) is 0 Å². The molecule has 0 atom stereocenters. The van der Waals surface area contributed by atoms with Crippen LogP contribution in [0.2, 0.25) is 5.02 Å². The van der Waals surface area contributed by atoms with E-state index in [9.17, 15) is 4.79 Å². The Kier molecular flexibility index (Phi) is 4.44. The summed E-state index contributed by atoms with van der Waals surface area (Å²) in [6.07, 6.45) is 0. The molecular formula is C15H22ClNO. The van der Waals surface area contributed by atoms with Crippen LogP contribution in [0.4, 0.5) is 0 Å². The third-order valence-corrected chi connectivity index (χ3v) is 3.21. The van der Waals surface area contributed by atoms with E-state index >= 15 is 0 Å². The zero-order chi connectivity index (χ0) is 14.0. The van der Waals surface area contributed by atoms with Crippen molar-refractivity contribution in [3.63, 3.8) is 0 Å². The second-order valence-corrected chi connectivity index (χ2v) is 6.76. The molecule has 0 fully saturated rings. The van der Waals surface area contributed by atoms with Gasteiger partial charge in [-0.3, -0.25) is 4.79 Å². The molecule has 0 aliphatic carbocycles. The Hall–Kier alpha value is -1.02. The van der Waals surface area contributed by atoms with Gasteiger partial charge in [-0.15, -0.1) is 0 Å². The van der Waals surface area contributed by atoms with Crippen molar-refractivity contribution in [3.8, 4) is 0 Å². The lowest BCUT2D eigenvalue weighted by Crippen LogP contribution is -2.41. The Morgan fingerprint density at radius 3 is 2.33 bits per heavy atom. The van der Waals surface area contributed by atoms with Crippen LogP contribution in [0.5, 0.6) is 0 Å². The first kappa shape index (κ1) is 15.0. The molecule has 0 spiro atoms. The van der Waals surface area contributed by atoms with Crippen molar-refractivity contribution in [3.05, 3.63) is 34.9 Å². The van der Waals surface area contributed by atoms with Gasteiger partial charge in [-0.2, -0.15) is 0 Å². The zero-order valence-corrected chi connectivity index (χ0v) is 12.6. The van der Waals surface area contributed by atoms with Crippen LogP contribution in [0.15, 0.2) is 24.3 Å². The average Bonchev–Trinajstić information content (AvgIpc) is 2.24. The van der Waals surface area contributed by atoms with Crippen LogP contribution in [-0.4, -0.2) is 12.5 Å². The van der Waals surface area contributed by atoms with Gasteiger partial charge in [-0.05, 0) is 17.7 Å². The van der Waals surface area contributed by atoms with Crippen molar-refractivity contribution in [1.29, 1.82) is 0 Å². The number of rotatable bonds is 3. The second kappa shape index (κ2) is 5.31. The summed E-state index contributed by atoms with van der Waals surface area (Å²) in [6, 6.07) is 7.78. The van der Waals surface area contributed by atoms with Gasteiger partial charge in [0, 0.05) is 22.4 Å². The van der Waals surface area contributed by atoms with Crippen LogP contribution >= 0.6 is 11.6 Å². The standard InChI is InChI=1S/C15H22ClNO/c1-14(2,3)13(18)17-10-15(4,5)11-7-6-8-12(16)9-11/h6-9H,10H2,1-5H3,(H,17,18). The van der Waals surface area contributed by atoms with Gasteiger partial charge in [-0.1, -0.05) is 58.4 Å². The quantitative estimate of drug-likeness (QED) is 0.887. The average molecular weight is 268 g/mol. The summed E-state index contributed by atoms with van der Waals surface area (Å²) < 4.78 is 0. The third kappa shape index (κ3) is 4.02. The summed E-state index contributed by atoms with van der Waals surface area (Å²) in [5, 5.41) is 3.72. The molecule has 0 saturated carbocycles. The maximum atomic E-state index is 11.9. The SMILES string of the molecule is CC(C)(C)C(=O)NCC(C)(C)c1cccc(Cl)c1. The highest BCUT2D eigenvalue weighted by Gasteiger charge is 2.26. The first-order valence-corrected chi connectivity index (χ1v) is 6.55. The molecule has 1 aromatic carbocycles. The van der Waals surface area contributed by atoms with Gasteiger partial charge in [0.1, 0.15) is 0 Å². The van der Waals surface area contributed by atoms with Gasteiger partial charge in [0.05, 0.1) is 0 Å². The van der Waals surface area contributed by atoms with Crippen LogP contribution in [-0.2, 0) is 10.2 Å². The predicted octanol–water partition coefficient (Wildman–Crippen LogP) is 3.78. The molecule has 1 amide bonds. The Bertz CT molecular complexity index is 432. The Balaban J connectivity index is 2.74. The minimum absolute atomic E-state index is 0.0672. The van der Waals surface area contributed by atoms with Gasteiger partial charge >= 0.3 is 0 Å². The van der Waals surface area contributed by atoms with E-state index in [1.54, 1.807) is 0 Å². The predicted molar refractivity (Wildman–Crippen MR) is 76.9 cm³/mol. The lowest BCUT2D eigenvalue weighted by molar-refractivity contribution is -0.128. The lowest BCUT2D eigenvalue weighted by atomic mass is 9.84. The molecule has 0 saturated heterocycles. The van der Waals surface area contributed by atoms with E-state index in [1.807, 2.05) is 45.0 Å². The monoisotopic (exact) mass is 267 g/mol. The van der Waals surface area contributed by atoms with Crippen molar-refractivity contribution in [2.75, 3.05) is 6.54 Å². The van der Waals surface area contributed by atoms with Crippen molar-refractivity contribution < 1.29 is 4.79 Å². The first-order chi connectivity index (χ1) is 8.13. The fourth-order valence-electron chi connectivity index (χ4n) is 1.58. The molecule has 0 aromatic heterocycles. The molecule has 0 bridgehead atoms.